The SMILES string of the molecule is N#CC1(c2ccc3c(N)ncnn23)CCC(COC(=O)OC2CCC(F)(F)CC2)O1. The maximum Gasteiger partial charge on any atom is 0.508 e. The van der Waals surface area contributed by atoms with Crippen LogP contribution in [0.25, 0.3) is 5.52 Å². The summed E-state index contributed by atoms with van der Waals surface area (Å²) >= 11 is 0. The second-order valence-corrected chi connectivity index (χ2v) is 7.61. The molecule has 1 aliphatic carbocycles. The Kier molecular flexibility index (Phi) is 5.19. The van der Waals surface area contributed by atoms with Gasteiger partial charge >= 0.3 is 6.16 Å². The van der Waals surface area contributed by atoms with Crippen molar-refractivity contribution in [1.29, 1.82) is 5.26 Å². The lowest BCUT2D eigenvalue weighted by molar-refractivity contribution is -0.0821. The van der Waals surface area contributed by atoms with E-state index >= 15 is 0 Å². The molecule has 2 unspecified atom stereocenters. The van der Waals surface area contributed by atoms with E-state index in [1.54, 1.807) is 12.1 Å². The van der Waals surface area contributed by atoms with Gasteiger partial charge in [-0.3, -0.25) is 0 Å². The van der Waals surface area contributed by atoms with E-state index in [4.69, 9.17) is 19.9 Å². The fourth-order valence-electron chi connectivity index (χ4n) is 3.93. The number of rotatable bonds is 4. The summed E-state index contributed by atoms with van der Waals surface area (Å²) in [5.74, 6) is -2.41. The smallest absolute Gasteiger partial charge is 0.432 e. The van der Waals surface area contributed by atoms with Gasteiger partial charge in [0.1, 0.15) is 30.6 Å². The first-order chi connectivity index (χ1) is 14.3. The Morgan fingerprint density at radius 2 is 2.10 bits per heavy atom. The molecular formula is C19H21F2N5O4. The molecule has 11 heteroatoms. The minimum absolute atomic E-state index is 0.103. The molecule has 0 spiro atoms. The van der Waals surface area contributed by atoms with Crippen LogP contribution in [0.2, 0.25) is 0 Å². The molecular weight excluding hydrogens is 400 g/mol. The zero-order valence-corrected chi connectivity index (χ0v) is 16.1. The zero-order chi connectivity index (χ0) is 21.4. The van der Waals surface area contributed by atoms with Gasteiger partial charge in [-0.2, -0.15) is 10.4 Å². The number of hydrogen-bond donors (Lipinski definition) is 1. The lowest BCUT2D eigenvalue weighted by atomic mass is 9.94. The summed E-state index contributed by atoms with van der Waals surface area (Å²) in [5.41, 5.74) is 5.66. The van der Waals surface area contributed by atoms with E-state index in [1.807, 2.05) is 0 Å². The predicted molar refractivity (Wildman–Crippen MR) is 98.4 cm³/mol. The van der Waals surface area contributed by atoms with Crippen LogP contribution in [0.5, 0.6) is 0 Å². The first-order valence-electron chi connectivity index (χ1n) is 9.71. The molecule has 0 amide bonds. The minimum Gasteiger partial charge on any atom is -0.432 e. The summed E-state index contributed by atoms with van der Waals surface area (Å²) in [5, 5.41) is 14.0. The van der Waals surface area contributed by atoms with Crippen LogP contribution < -0.4 is 5.73 Å². The Morgan fingerprint density at radius 1 is 1.33 bits per heavy atom. The van der Waals surface area contributed by atoms with Crippen LogP contribution in [0.4, 0.5) is 19.4 Å². The van der Waals surface area contributed by atoms with Gasteiger partial charge < -0.3 is 19.9 Å². The summed E-state index contributed by atoms with van der Waals surface area (Å²) in [7, 11) is 0. The normalized spacial score (nSPS) is 26.4. The number of nitrogens with two attached hydrogens (primary N) is 1. The third-order valence-electron chi connectivity index (χ3n) is 5.58. The highest BCUT2D eigenvalue weighted by atomic mass is 19.3. The number of nitriles is 1. The van der Waals surface area contributed by atoms with Crippen LogP contribution in [-0.4, -0.2) is 45.5 Å². The Balaban J connectivity index is 1.35. The predicted octanol–water partition coefficient (Wildman–Crippen LogP) is 2.94. The van der Waals surface area contributed by atoms with Crippen molar-refractivity contribution in [2.24, 2.45) is 0 Å². The molecule has 2 fully saturated rings. The number of halogens is 2. The lowest BCUT2D eigenvalue weighted by Crippen LogP contribution is -2.32. The quantitative estimate of drug-likeness (QED) is 0.747. The van der Waals surface area contributed by atoms with Gasteiger partial charge in [-0.25, -0.2) is 23.1 Å². The van der Waals surface area contributed by atoms with E-state index in [-0.39, 0.29) is 38.1 Å². The van der Waals surface area contributed by atoms with E-state index in [0.717, 1.165) is 0 Å². The summed E-state index contributed by atoms with van der Waals surface area (Å²) in [6.45, 7) is -0.106. The topological polar surface area (TPSA) is 125 Å². The number of fused-ring (bicyclic) bond motifs is 1. The fourth-order valence-corrected chi connectivity index (χ4v) is 3.93. The molecule has 3 heterocycles. The van der Waals surface area contributed by atoms with E-state index < -0.39 is 29.9 Å². The van der Waals surface area contributed by atoms with Crippen molar-refractivity contribution in [3.05, 3.63) is 24.2 Å². The van der Waals surface area contributed by atoms with Crippen molar-refractivity contribution in [3.8, 4) is 6.07 Å². The molecule has 2 N–H and O–H groups in total. The summed E-state index contributed by atoms with van der Waals surface area (Å²) in [6, 6.07) is 5.61. The number of carbonyl (C=O) groups excluding carboxylic acids is 1. The number of aromatic nitrogens is 3. The van der Waals surface area contributed by atoms with Crippen molar-refractivity contribution >= 4 is 17.5 Å². The molecule has 1 saturated carbocycles. The molecule has 1 aliphatic heterocycles. The van der Waals surface area contributed by atoms with Crippen LogP contribution in [0.3, 0.4) is 0 Å². The van der Waals surface area contributed by atoms with Crippen LogP contribution in [0.15, 0.2) is 18.5 Å². The van der Waals surface area contributed by atoms with Gasteiger partial charge in [0.05, 0.1) is 11.8 Å². The number of anilines is 1. The molecule has 30 heavy (non-hydrogen) atoms. The molecule has 2 aliphatic rings. The molecule has 0 bridgehead atoms. The summed E-state index contributed by atoms with van der Waals surface area (Å²) in [4.78, 5) is 15.8. The van der Waals surface area contributed by atoms with Crippen molar-refractivity contribution in [1.82, 2.24) is 14.6 Å². The third kappa shape index (κ3) is 3.87. The van der Waals surface area contributed by atoms with Crippen molar-refractivity contribution in [2.45, 2.75) is 62.3 Å². The molecule has 4 rings (SSSR count). The molecule has 2 aromatic heterocycles. The Hall–Kier alpha value is -3.00. The highest BCUT2D eigenvalue weighted by Crippen LogP contribution is 2.40. The van der Waals surface area contributed by atoms with E-state index in [1.165, 1.54) is 10.8 Å². The van der Waals surface area contributed by atoms with Gasteiger partial charge in [0.15, 0.2) is 11.4 Å². The first-order valence-corrected chi connectivity index (χ1v) is 9.71. The Labute approximate surface area is 170 Å². The number of hydrogen-bond acceptors (Lipinski definition) is 8. The number of nitrogens with zero attached hydrogens (tertiary/aromatic N) is 4. The molecule has 2 atom stereocenters. The van der Waals surface area contributed by atoms with Crippen LogP contribution >= 0.6 is 0 Å². The number of nitrogen functional groups attached to an aromatic ring is 1. The van der Waals surface area contributed by atoms with Gasteiger partial charge in [-0.1, -0.05) is 0 Å². The Morgan fingerprint density at radius 3 is 2.83 bits per heavy atom. The maximum atomic E-state index is 13.2. The van der Waals surface area contributed by atoms with E-state index in [2.05, 4.69) is 16.2 Å². The number of alkyl halides is 2. The summed E-state index contributed by atoms with van der Waals surface area (Å²) in [6.07, 6.45) is -0.264. The van der Waals surface area contributed by atoms with Crippen molar-refractivity contribution < 1.29 is 27.8 Å². The number of carbonyl (C=O) groups is 1. The fraction of sp³-hybridized carbons (Fsp3) is 0.579. The van der Waals surface area contributed by atoms with Gasteiger partial charge in [0.2, 0.25) is 5.92 Å². The second kappa shape index (κ2) is 7.68. The molecule has 2 aromatic rings. The average molecular weight is 421 g/mol. The van der Waals surface area contributed by atoms with Crippen LogP contribution in [0, 0.1) is 11.3 Å². The van der Waals surface area contributed by atoms with Gasteiger partial charge in [0, 0.05) is 12.8 Å². The standard InChI is InChI=1S/C19H21F2N5O4/c20-19(21)7-4-12(5-8-19)29-17(27)28-9-13-3-6-18(10-22,30-13)15-2-1-14-16(23)24-11-25-26(14)15/h1-2,11-13H,3-9H2,(H2,23,24,25). The lowest BCUT2D eigenvalue weighted by Gasteiger charge is -2.27. The monoisotopic (exact) mass is 421 g/mol. The maximum absolute atomic E-state index is 13.2. The average Bonchev–Trinajstić information content (AvgIpc) is 3.34. The summed E-state index contributed by atoms with van der Waals surface area (Å²) < 4.78 is 44.0. The second-order valence-electron chi connectivity index (χ2n) is 7.61. The van der Waals surface area contributed by atoms with Gasteiger partial charge in [-0.15, -0.1) is 0 Å². The van der Waals surface area contributed by atoms with E-state index in [9.17, 15) is 18.8 Å². The van der Waals surface area contributed by atoms with Gasteiger partial charge in [0.25, 0.3) is 0 Å². The van der Waals surface area contributed by atoms with Crippen molar-refractivity contribution in [3.63, 3.8) is 0 Å². The molecule has 0 aromatic carbocycles. The minimum atomic E-state index is -2.69. The van der Waals surface area contributed by atoms with E-state index in [0.29, 0.717) is 24.1 Å². The number of ether oxygens (including phenoxy) is 3. The largest absolute Gasteiger partial charge is 0.508 e. The molecule has 0 radical (unpaired) electrons. The van der Waals surface area contributed by atoms with Crippen LogP contribution in [-0.2, 0) is 19.8 Å². The molecule has 9 nitrogen and oxygen atoms in total. The zero-order valence-electron chi connectivity index (χ0n) is 16.1. The third-order valence-corrected chi connectivity index (χ3v) is 5.58. The first kappa shape index (κ1) is 20.3. The molecule has 160 valence electrons. The highest BCUT2D eigenvalue weighted by molar-refractivity contribution is 5.66. The van der Waals surface area contributed by atoms with Crippen molar-refractivity contribution in [2.75, 3.05) is 12.3 Å². The van der Waals surface area contributed by atoms with Crippen LogP contribution in [0.1, 0.15) is 44.2 Å². The highest BCUT2D eigenvalue weighted by Gasteiger charge is 2.45. The Bertz CT molecular complexity index is 981. The van der Waals surface area contributed by atoms with Gasteiger partial charge in [-0.05, 0) is 37.8 Å². The molecule has 1 saturated heterocycles.